The fourth-order valence-electron chi connectivity index (χ4n) is 2.53. The number of ether oxygens (including phenoxy) is 1. The highest BCUT2D eigenvalue weighted by atomic mass is 35.5. The van der Waals surface area contributed by atoms with Crippen LogP contribution in [0.3, 0.4) is 0 Å². The second-order valence-electron chi connectivity index (χ2n) is 5.65. The number of carbonyl (C=O) groups is 1. The molecule has 0 radical (unpaired) electrons. The van der Waals surface area contributed by atoms with Gasteiger partial charge in [0.1, 0.15) is 6.61 Å². The van der Waals surface area contributed by atoms with Gasteiger partial charge in [0.2, 0.25) is 5.91 Å². The van der Waals surface area contributed by atoms with Crippen LogP contribution in [0.15, 0.2) is 42.5 Å². The van der Waals surface area contributed by atoms with E-state index in [2.05, 4.69) is 41.6 Å². The van der Waals surface area contributed by atoms with Crippen molar-refractivity contribution in [2.45, 2.75) is 13.5 Å². The summed E-state index contributed by atoms with van der Waals surface area (Å²) in [6.07, 6.45) is 0. The molecule has 6 heteroatoms. The van der Waals surface area contributed by atoms with Crippen LogP contribution in [0.25, 0.3) is 10.9 Å². The quantitative estimate of drug-likeness (QED) is 0.769. The minimum Gasteiger partial charge on any atom is -0.375 e. The van der Waals surface area contributed by atoms with Crippen molar-refractivity contribution in [2.24, 2.45) is 0 Å². The molecule has 0 bridgehead atoms. The Morgan fingerprint density at radius 2 is 2.00 bits per heavy atom. The Morgan fingerprint density at radius 1 is 1.25 bits per heavy atom. The number of carbonyl (C=O) groups excluding carboxylic acids is 1. The summed E-state index contributed by atoms with van der Waals surface area (Å²) < 4.78 is 6.68. The molecule has 2 aromatic carbocycles. The second-order valence-corrected chi connectivity index (χ2v) is 6.01. The number of nitrogens with one attached hydrogen (secondary N) is 1. The lowest BCUT2D eigenvalue weighted by molar-refractivity contribution is -0.119. The van der Waals surface area contributed by atoms with E-state index in [1.807, 2.05) is 22.9 Å². The molecule has 0 unspecified atom stereocenters. The number of hydrogen-bond acceptors (Lipinski definition) is 3. The molecule has 0 aliphatic carbocycles. The van der Waals surface area contributed by atoms with E-state index >= 15 is 0 Å². The molecule has 1 aromatic heterocycles. The van der Waals surface area contributed by atoms with Crippen LogP contribution in [0.2, 0.25) is 5.15 Å². The lowest BCUT2D eigenvalue weighted by atomic mass is 10.1. The Hall–Kier alpha value is -2.37. The summed E-state index contributed by atoms with van der Waals surface area (Å²) >= 11 is 6.27. The van der Waals surface area contributed by atoms with Crippen LogP contribution in [-0.2, 0) is 16.1 Å². The van der Waals surface area contributed by atoms with Crippen LogP contribution in [-0.4, -0.2) is 29.4 Å². The first-order valence-corrected chi connectivity index (χ1v) is 7.95. The maximum absolute atomic E-state index is 11.6. The van der Waals surface area contributed by atoms with Crippen molar-refractivity contribution in [3.63, 3.8) is 0 Å². The maximum atomic E-state index is 11.6. The summed E-state index contributed by atoms with van der Waals surface area (Å²) in [7, 11) is 1.48. The highest BCUT2D eigenvalue weighted by molar-refractivity contribution is 6.34. The molecular weight excluding hydrogens is 326 g/mol. The van der Waals surface area contributed by atoms with Crippen molar-refractivity contribution >= 4 is 34.1 Å². The Kier molecular flexibility index (Phi) is 4.83. The van der Waals surface area contributed by atoms with Crippen molar-refractivity contribution in [1.29, 1.82) is 0 Å². The lowest BCUT2D eigenvalue weighted by Gasteiger charge is -2.06. The zero-order chi connectivity index (χ0) is 17.1. The third-order valence-electron chi connectivity index (χ3n) is 3.72. The lowest BCUT2D eigenvalue weighted by Crippen LogP contribution is -2.16. The third kappa shape index (κ3) is 3.58. The van der Waals surface area contributed by atoms with Gasteiger partial charge < -0.3 is 10.1 Å². The molecular formula is C18H18ClN3O2. The number of anilines is 1. The molecule has 0 spiro atoms. The number of hydrogen-bond donors (Lipinski definition) is 1. The van der Waals surface area contributed by atoms with E-state index in [0.29, 0.717) is 17.4 Å². The molecule has 5 nitrogen and oxygen atoms in total. The van der Waals surface area contributed by atoms with E-state index in [1.165, 1.54) is 12.7 Å². The van der Waals surface area contributed by atoms with Gasteiger partial charge in [-0.05, 0) is 30.7 Å². The van der Waals surface area contributed by atoms with Crippen LogP contribution in [0, 0.1) is 6.92 Å². The van der Waals surface area contributed by atoms with Crippen LogP contribution in [0.5, 0.6) is 0 Å². The summed E-state index contributed by atoms with van der Waals surface area (Å²) in [6, 6.07) is 13.9. The molecule has 0 aliphatic heterocycles. The molecule has 124 valence electrons. The minimum absolute atomic E-state index is 0.0124. The SMILES string of the molecule is COCC(=O)Nc1ccc2c(c1)c(Cl)nn2Cc1ccc(C)cc1. The number of fused-ring (bicyclic) bond motifs is 1. The van der Waals surface area contributed by atoms with Gasteiger partial charge in [-0.15, -0.1) is 0 Å². The first-order chi connectivity index (χ1) is 11.6. The van der Waals surface area contributed by atoms with Gasteiger partial charge in [0.05, 0.1) is 12.1 Å². The molecule has 1 N–H and O–H groups in total. The summed E-state index contributed by atoms with van der Waals surface area (Å²) in [5.74, 6) is -0.208. The fraction of sp³-hybridized carbons (Fsp3) is 0.222. The van der Waals surface area contributed by atoms with Gasteiger partial charge in [0.15, 0.2) is 5.15 Å². The highest BCUT2D eigenvalue weighted by Crippen LogP contribution is 2.26. The minimum atomic E-state index is -0.208. The predicted octanol–water partition coefficient (Wildman–Crippen LogP) is 3.63. The monoisotopic (exact) mass is 343 g/mol. The number of aryl methyl sites for hydroxylation is 1. The molecule has 0 saturated heterocycles. The zero-order valence-corrected chi connectivity index (χ0v) is 14.3. The largest absolute Gasteiger partial charge is 0.375 e. The normalized spacial score (nSPS) is 11.0. The van der Waals surface area contributed by atoms with Crippen molar-refractivity contribution in [3.05, 3.63) is 58.7 Å². The van der Waals surface area contributed by atoms with Gasteiger partial charge in [0, 0.05) is 18.2 Å². The Labute approximate surface area is 145 Å². The highest BCUT2D eigenvalue weighted by Gasteiger charge is 2.11. The molecule has 3 rings (SSSR count). The van der Waals surface area contributed by atoms with Gasteiger partial charge >= 0.3 is 0 Å². The van der Waals surface area contributed by atoms with Crippen molar-refractivity contribution < 1.29 is 9.53 Å². The topological polar surface area (TPSA) is 56.1 Å². The maximum Gasteiger partial charge on any atom is 0.250 e. The summed E-state index contributed by atoms with van der Waals surface area (Å²) in [5.41, 5.74) is 3.96. The molecule has 1 heterocycles. The number of nitrogens with zero attached hydrogens (tertiary/aromatic N) is 2. The molecule has 1 amide bonds. The summed E-state index contributed by atoms with van der Waals surface area (Å²) in [5, 5.41) is 8.40. The molecule has 0 saturated carbocycles. The molecule has 0 fully saturated rings. The zero-order valence-electron chi connectivity index (χ0n) is 13.5. The van der Waals surface area contributed by atoms with Crippen LogP contribution < -0.4 is 5.32 Å². The molecule has 0 aliphatic rings. The van der Waals surface area contributed by atoms with Crippen LogP contribution >= 0.6 is 11.6 Å². The van der Waals surface area contributed by atoms with Crippen molar-refractivity contribution in [3.8, 4) is 0 Å². The first kappa shape index (κ1) is 16.5. The van der Waals surface area contributed by atoms with E-state index in [9.17, 15) is 4.79 Å². The first-order valence-electron chi connectivity index (χ1n) is 7.57. The summed E-state index contributed by atoms with van der Waals surface area (Å²) in [4.78, 5) is 11.6. The van der Waals surface area contributed by atoms with Crippen LogP contribution in [0.4, 0.5) is 5.69 Å². The number of aromatic nitrogens is 2. The molecule has 0 atom stereocenters. The molecule has 24 heavy (non-hydrogen) atoms. The van der Waals surface area contributed by atoms with Crippen LogP contribution in [0.1, 0.15) is 11.1 Å². The number of rotatable bonds is 5. The average Bonchev–Trinajstić information content (AvgIpc) is 2.85. The van der Waals surface area contributed by atoms with Gasteiger partial charge in [-0.3, -0.25) is 9.48 Å². The van der Waals surface area contributed by atoms with Gasteiger partial charge in [0.25, 0.3) is 0 Å². The average molecular weight is 344 g/mol. The third-order valence-corrected chi connectivity index (χ3v) is 4.00. The van der Waals surface area contributed by atoms with Crippen molar-refractivity contribution in [1.82, 2.24) is 9.78 Å². The van der Waals surface area contributed by atoms with Gasteiger partial charge in [-0.25, -0.2) is 0 Å². The number of amides is 1. The van der Waals surface area contributed by atoms with E-state index in [-0.39, 0.29) is 12.5 Å². The van der Waals surface area contributed by atoms with E-state index in [0.717, 1.165) is 16.5 Å². The number of methoxy groups -OCH3 is 1. The van der Waals surface area contributed by atoms with E-state index in [4.69, 9.17) is 16.3 Å². The Morgan fingerprint density at radius 3 is 2.71 bits per heavy atom. The standard InChI is InChI=1S/C18H18ClN3O2/c1-12-3-5-13(6-4-12)10-22-16-8-7-14(20-17(23)11-24-2)9-15(16)18(19)21-22/h3-9H,10-11H2,1-2H3,(H,20,23). The smallest absolute Gasteiger partial charge is 0.250 e. The van der Waals surface area contributed by atoms with Gasteiger partial charge in [-0.2, -0.15) is 5.10 Å². The second kappa shape index (κ2) is 7.03. The Balaban J connectivity index is 1.88. The fourth-order valence-corrected chi connectivity index (χ4v) is 2.78. The number of halogens is 1. The Bertz CT molecular complexity index is 872. The molecule has 3 aromatic rings. The van der Waals surface area contributed by atoms with Gasteiger partial charge in [-0.1, -0.05) is 41.4 Å². The summed E-state index contributed by atoms with van der Waals surface area (Å²) in [6.45, 7) is 2.71. The van der Waals surface area contributed by atoms with E-state index < -0.39 is 0 Å². The van der Waals surface area contributed by atoms with E-state index in [1.54, 1.807) is 0 Å². The number of benzene rings is 2. The predicted molar refractivity (Wildman–Crippen MR) is 95.5 cm³/mol. The van der Waals surface area contributed by atoms with Crippen molar-refractivity contribution in [2.75, 3.05) is 19.0 Å².